The van der Waals surface area contributed by atoms with E-state index in [-0.39, 0.29) is 11.4 Å². The molecule has 3 rings (SSSR count). The molecule has 1 heterocycles. The van der Waals surface area contributed by atoms with E-state index in [1.54, 1.807) is 30.3 Å². The summed E-state index contributed by atoms with van der Waals surface area (Å²) in [4.78, 5) is 19.1. The van der Waals surface area contributed by atoms with Crippen molar-refractivity contribution >= 4 is 16.7 Å². The molecule has 1 aromatic heterocycles. The van der Waals surface area contributed by atoms with Gasteiger partial charge in [0, 0.05) is 17.7 Å². The minimum atomic E-state index is -1.18. The van der Waals surface area contributed by atoms with Crippen molar-refractivity contribution in [3.63, 3.8) is 0 Å². The maximum Gasteiger partial charge on any atom is 0.269 e. The quantitative estimate of drug-likeness (QED) is 0.565. The fraction of sp³-hybridized carbons (Fsp3) is 0.125. The molecular formula is C16H13N3O4. The van der Waals surface area contributed by atoms with Gasteiger partial charge in [0.2, 0.25) is 0 Å². The van der Waals surface area contributed by atoms with Gasteiger partial charge in [-0.1, -0.05) is 12.1 Å². The van der Waals surface area contributed by atoms with Crippen LogP contribution in [0.3, 0.4) is 0 Å². The molecule has 0 aliphatic carbocycles. The molecule has 3 aromatic rings. The van der Waals surface area contributed by atoms with E-state index in [1.165, 1.54) is 12.1 Å². The number of aliphatic hydroxyl groups excluding tert-OH is 2. The second-order valence-corrected chi connectivity index (χ2v) is 4.95. The molecule has 7 nitrogen and oxygen atoms in total. The minimum absolute atomic E-state index is 0.0354. The average Bonchev–Trinajstić information content (AvgIpc) is 2.60. The summed E-state index contributed by atoms with van der Waals surface area (Å²) in [6, 6.07) is 13.0. The third-order valence-corrected chi connectivity index (χ3v) is 3.44. The Morgan fingerprint density at radius 3 is 2.22 bits per heavy atom. The van der Waals surface area contributed by atoms with Gasteiger partial charge in [0.15, 0.2) is 0 Å². The van der Waals surface area contributed by atoms with Gasteiger partial charge in [0.1, 0.15) is 6.10 Å². The minimum Gasteiger partial charge on any atom is -0.393 e. The van der Waals surface area contributed by atoms with E-state index in [0.717, 1.165) is 0 Å². The number of aromatic nitrogens is 2. The molecule has 23 heavy (non-hydrogen) atoms. The monoisotopic (exact) mass is 311 g/mol. The fourth-order valence-corrected chi connectivity index (χ4v) is 2.29. The number of nitro benzene ring substituents is 1. The van der Waals surface area contributed by atoms with Gasteiger partial charge in [-0.3, -0.25) is 10.1 Å². The SMILES string of the molecule is O=[N+]([O-])c1ccc(-c2nc3ccccc3nc2C(O)CO)cc1. The molecule has 0 spiro atoms. The summed E-state index contributed by atoms with van der Waals surface area (Å²) >= 11 is 0. The first-order chi connectivity index (χ1) is 11.1. The molecule has 7 heteroatoms. The van der Waals surface area contributed by atoms with Crippen LogP contribution in [0.4, 0.5) is 5.69 Å². The van der Waals surface area contributed by atoms with Crippen molar-refractivity contribution < 1.29 is 15.1 Å². The highest BCUT2D eigenvalue weighted by atomic mass is 16.6. The van der Waals surface area contributed by atoms with Crippen molar-refractivity contribution in [2.24, 2.45) is 0 Å². The predicted octanol–water partition coefficient (Wildman–Crippen LogP) is 2.23. The Bertz CT molecular complexity index is 865. The highest BCUT2D eigenvalue weighted by Gasteiger charge is 2.18. The molecule has 1 atom stereocenters. The number of nitro groups is 1. The zero-order valence-corrected chi connectivity index (χ0v) is 12.0. The number of fused-ring (bicyclic) bond motifs is 1. The van der Waals surface area contributed by atoms with Gasteiger partial charge in [-0.05, 0) is 24.3 Å². The molecule has 0 saturated heterocycles. The van der Waals surface area contributed by atoms with E-state index < -0.39 is 17.6 Å². The molecular weight excluding hydrogens is 298 g/mol. The highest BCUT2D eigenvalue weighted by molar-refractivity contribution is 5.78. The number of hydrogen-bond donors (Lipinski definition) is 2. The van der Waals surface area contributed by atoms with Gasteiger partial charge in [0.25, 0.3) is 5.69 Å². The second-order valence-electron chi connectivity index (χ2n) is 4.95. The Balaban J connectivity index is 2.19. The van der Waals surface area contributed by atoms with Gasteiger partial charge in [0.05, 0.1) is 34.0 Å². The largest absolute Gasteiger partial charge is 0.393 e. The van der Waals surface area contributed by atoms with E-state index in [1.807, 2.05) is 6.07 Å². The van der Waals surface area contributed by atoms with Crippen molar-refractivity contribution in [2.75, 3.05) is 6.61 Å². The lowest BCUT2D eigenvalue weighted by atomic mass is 10.1. The molecule has 2 N–H and O–H groups in total. The van der Waals surface area contributed by atoms with Gasteiger partial charge < -0.3 is 10.2 Å². The molecule has 0 fully saturated rings. The number of hydrogen-bond acceptors (Lipinski definition) is 6. The van der Waals surface area contributed by atoms with Crippen LogP contribution in [-0.4, -0.2) is 31.7 Å². The second kappa shape index (κ2) is 6.07. The summed E-state index contributed by atoms with van der Waals surface area (Å²) in [5, 5.41) is 30.0. The Labute approximate surface area is 131 Å². The summed E-state index contributed by atoms with van der Waals surface area (Å²) in [6.45, 7) is -0.493. The maximum atomic E-state index is 10.7. The Morgan fingerprint density at radius 1 is 1.04 bits per heavy atom. The Morgan fingerprint density at radius 2 is 1.65 bits per heavy atom. The van der Waals surface area contributed by atoms with E-state index >= 15 is 0 Å². The first-order valence-corrected chi connectivity index (χ1v) is 6.90. The Hall–Kier alpha value is -2.90. The number of para-hydroxylation sites is 2. The summed E-state index contributed by atoms with van der Waals surface area (Å²) in [7, 11) is 0. The molecule has 2 aromatic carbocycles. The van der Waals surface area contributed by atoms with Crippen LogP contribution in [-0.2, 0) is 0 Å². The number of rotatable bonds is 4. The van der Waals surface area contributed by atoms with Gasteiger partial charge in [-0.15, -0.1) is 0 Å². The lowest BCUT2D eigenvalue weighted by Crippen LogP contribution is -2.09. The maximum absolute atomic E-state index is 10.7. The average molecular weight is 311 g/mol. The summed E-state index contributed by atoms with van der Waals surface area (Å²) < 4.78 is 0. The highest BCUT2D eigenvalue weighted by Crippen LogP contribution is 2.28. The van der Waals surface area contributed by atoms with E-state index in [0.29, 0.717) is 22.3 Å². The standard InChI is InChI=1S/C16H13N3O4/c20-9-14(21)16-15(10-5-7-11(8-6-10)19(22)23)17-12-3-1-2-4-13(12)18-16/h1-8,14,20-21H,9H2. The number of aliphatic hydroxyl groups is 2. The van der Waals surface area contributed by atoms with Gasteiger partial charge >= 0.3 is 0 Å². The molecule has 0 radical (unpaired) electrons. The lowest BCUT2D eigenvalue weighted by molar-refractivity contribution is -0.384. The van der Waals surface area contributed by atoms with Crippen LogP contribution in [0.1, 0.15) is 11.8 Å². The van der Waals surface area contributed by atoms with E-state index in [9.17, 15) is 20.3 Å². The molecule has 1 unspecified atom stereocenters. The zero-order chi connectivity index (χ0) is 16.4. The molecule has 116 valence electrons. The van der Waals surface area contributed by atoms with Crippen molar-refractivity contribution in [1.29, 1.82) is 0 Å². The van der Waals surface area contributed by atoms with E-state index in [4.69, 9.17) is 0 Å². The number of non-ortho nitro benzene ring substituents is 1. The molecule has 0 aliphatic heterocycles. The number of nitrogens with zero attached hydrogens (tertiary/aromatic N) is 3. The molecule has 0 saturated carbocycles. The normalized spacial score (nSPS) is 12.3. The molecule has 0 aliphatic rings. The van der Waals surface area contributed by atoms with Crippen LogP contribution >= 0.6 is 0 Å². The van der Waals surface area contributed by atoms with Crippen LogP contribution in [0.2, 0.25) is 0 Å². The van der Waals surface area contributed by atoms with Gasteiger partial charge in [-0.2, -0.15) is 0 Å². The van der Waals surface area contributed by atoms with Crippen LogP contribution in [0.15, 0.2) is 48.5 Å². The topological polar surface area (TPSA) is 109 Å². The Kier molecular flexibility index (Phi) is 3.96. The first kappa shape index (κ1) is 15.0. The van der Waals surface area contributed by atoms with Gasteiger partial charge in [-0.25, -0.2) is 9.97 Å². The zero-order valence-electron chi connectivity index (χ0n) is 12.0. The van der Waals surface area contributed by atoms with Crippen molar-refractivity contribution in [3.8, 4) is 11.3 Å². The van der Waals surface area contributed by atoms with E-state index in [2.05, 4.69) is 9.97 Å². The third kappa shape index (κ3) is 2.87. The van der Waals surface area contributed by atoms with Crippen molar-refractivity contribution in [1.82, 2.24) is 9.97 Å². The fourth-order valence-electron chi connectivity index (χ4n) is 2.29. The van der Waals surface area contributed by atoms with Crippen LogP contribution in [0, 0.1) is 10.1 Å². The van der Waals surface area contributed by atoms with Crippen LogP contribution in [0.25, 0.3) is 22.3 Å². The van der Waals surface area contributed by atoms with Crippen molar-refractivity contribution in [2.45, 2.75) is 6.10 Å². The summed E-state index contributed by atoms with van der Waals surface area (Å²) in [5.74, 6) is 0. The summed E-state index contributed by atoms with van der Waals surface area (Å²) in [6.07, 6.45) is -1.18. The van der Waals surface area contributed by atoms with Crippen LogP contribution in [0.5, 0.6) is 0 Å². The molecule has 0 bridgehead atoms. The van der Waals surface area contributed by atoms with Crippen LogP contribution < -0.4 is 0 Å². The predicted molar refractivity (Wildman–Crippen MR) is 83.7 cm³/mol. The lowest BCUT2D eigenvalue weighted by Gasteiger charge is -2.13. The molecule has 0 amide bonds. The number of benzene rings is 2. The summed E-state index contributed by atoms with van der Waals surface area (Å²) in [5.41, 5.74) is 2.40. The third-order valence-electron chi connectivity index (χ3n) is 3.44. The first-order valence-electron chi connectivity index (χ1n) is 6.90. The van der Waals surface area contributed by atoms with Crippen molar-refractivity contribution in [3.05, 3.63) is 64.3 Å². The smallest absolute Gasteiger partial charge is 0.269 e.